The number of rotatable bonds is 5. The molecular weight excluding hydrogens is 368 g/mol. The lowest BCUT2D eigenvalue weighted by atomic mass is 10.1. The number of carbonyl (C=O) groups excluding carboxylic acids is 1. The summed E-state index contributed by atoms with van der Waals surface area (Å²) in [7, 11) is 0. The Morgan fingerprint density at radius 1 is 0.931 bits per heavy atom. The average molecular weight is 390 g/mol. The van der Waals surface area contributed by atoms with Gasteiger partial charge in [-0.3, -0.25) is 19.8 Å². The van der Waals surface area contributed by atoms with Crippen LogP contribution in [-0.2, 0) is 4.79 Å². The van der Waals surface area contributed by atoms with Crippen molar-refractivity contribution in [3.63, 3.8) is 0 Å². The smallest absolute Gasteiger partial charge is 0.269 e. The largest absolute Gasteiger partial charge is 0.369 e. The van der Waals surface area contributed by atoms with Crippen molar-refractivity contribution in [1.29, 1.82) is 0 Å². The molecule has 0 bridgehead atoms. The highest BCUT2D eigenvalue weighted by Crippen LogP contribution is 2.23. The number of nitro groups is 1. The summed E-state index contributed by atoms with van der Waals surface area (Å²) < 4.78 is 0. The van der Waals surface area contributed by atoms with Crippen molar-refractivity contribution in [2.45, 2.75) is 0 Å². The predicted molar refractivity (Wildman–Crippen MR) is 114 cm³/mol. The van der Waals surface area contributed by atoms with E-state index in [2.05, 4.69) is 15.1 Å². The quantitative estimate of drug-likeness (QED) is 0.533. The number of non-ortho nitro benzene ring substituents is 1. The zero-order valence-corrected chi connectivity index (χ0v) is 16.0. The minimum atomic E-state index is -0.393. The Labute approximate surface area is 168 Å². The number of amides is 1. The van der Waals surface area contributed by atoms with Crippen LogP contribution in [0, 0.1) is 10.1 Å². The fourth-order valence-corrected chi connectivity index (χ4v) is 3.68. The summed E-state index contributed by atoms with van der Waals surface area (Å²) in [6, 6.07) is 20.5. The Balaban J connectivity index is 1.32. The first-order valence-electron chi connectivity index (χ1n) is 9.59. The summed E-state index contributed by atoms with van der Waals surface area (Å²) in [5.41, 5.74) is 1.89. The van der Waals surface area contributed by atoms with Crippen LogP contribution >= 0.6 is 0 Å². The lowest BCUT2D eigenvalue weighted by Gasteiger charge is -2.35. The molecule has 7 nitrogen and oxygen atoms in total. The van der Waals surface area contributed by atoms with E-state index in [1.165, 1.54) is 12.1 Å². The van der Waals surface area contributed by atoms with Gasteiger partial charge in [-0.2, -0.15) is 0 Å². The van der Waals surface area contributed by atoms with E-state index in [4.69, 9.17) is 0 Å². The van der Waals surface area contributed by atoms with E-state index < -0.39 is 4.92 Å². The Bertz CT molecular complexity index is 1020. The van der Waals surface area contributed by atoms with Crippen molar-refractivity contribution in [1.82, 2.24) is 4.90 Å². The molecule has 0 radical (unpaired) electrons. The molecule has 1 N–H and O–H groups in total. The van der Waals surface area contributed by atoms with Gasteiger partial charge in [-0.15, -0.1) is 0 Å². The monoisotopic (exact) mass is 390 g/mol. The summed E-state index contributed by atoms with van der Waals surface area (Å²) in [4.78, 5) is 27.3. The lowest BCUT2D eigenvalue weighted by Crippen LogP contribution is -2.48. The van der Waals surface area contributed by atoms with Crippen LogP contribution < -0.4 is 10.2 Å². The highest BCUT2D eigenvalue weighted by Gasteiger charge is 2.20. The fraction of sp³-hybridized carbons (Fsp3) is 0.227. The highest BCUT2D eigenvalue weighted by atomic mass is 16.6. The molecule has 1 heterocycles. The topological polar surface area (TPSA) is 78.7 Å². The van der Waals surface area contributed by atoms with Gasteiger partial charge in [0.1, 0.15) is 0 Å². The molecule has 1 fully saturated rings. The van der Waals surface area contributed by atoms with Gasteiger partial charge < -0.3 is 10.2 Å². The third-order valence-corrected chi connectivity index (χ3v) is 5.23. The summed E-state index contributed by atoms with van der Waals surface area (Å²) in [6.45, 7) is 3.43. The van der Waals surface area contributed by atoms with Gasteiger partial charge in [-0.1, -0.05) is 36.4 Å². The second-order valence-electron chi connectivity index (χ2n) is 7.11. The van der Waals surface area contributed by atoms with Crippen LogP contribution in [0.2, 0.25) is 0 Å². The number of nitrogens with one attached hydrogen (secondary N) is 1. The number of piperazine rings is 1. The van der Waals surface area contributed by atoms with E-state index in [0.717, 1.165) is 48.3 Å². The molecule has 3 aromatic rings. The molecule has 148 valence electrons. The molecule has 7 heteroatoms. The first kappa shape index (κ1) is 18.9. The number of hydrogen-bond acceptors (Lipinski definition) is 5. The fourth-order valence-electron chi connectivity index (χ4n) is 3.68. The molecule has 0 saturated carbocycles. The molecule has 0 aromatic heterocycles. The molecule has 0 spiro atoms. The number of nitrogens with zero attached hydrogens (tertiary/aromatic N) is 3. The van der Waals surface area contributed by atoms with E-state index in [9.17, 15) is 14.9 Å². The second kappa shape index (κ2) is 8.28. The third kappa shape index (κ3) is 4.35. The summed E-state index contributed by atoms with van der Waals surface area (Å²) in [5, 5.41) is 16.0. The van der Waals surface area contributed by atoms with Crippen LogP contribution in [0.15, 0.2) is 66.7 Å². The molecule has 29 heavy (non-hydrogen) atoms. The van der Waals surface area contributed by atoms with E-state index in [1.54, 1.807) is 12.1 Å². The van der Waals surface area contributed by atoms with Crippen molar-refractivity contribution in [3.8, 4) is 0 Å². The van der Waals surface area contributed by atoms with Crippen molar-refractivity contribution in [2.75, 3.05) is 42.9 Å². The summed E-state index contributed by atoms with van der Waals surface area (Å²) >= 11 is 0. The predicted octanol–water partition coefficient (Wildman–Crippen LogP) is 3.51. The Hall–Kier alpha value is -3.45. The lowest BCUT2D eigenvalue weighted by molar-refractivity contribution is -0.384. The zero-order chi connectivity index (χ0) is 20.2. The van der Waals surface area contributed by atoms with Crippen molar-refractivity contribution < 1.29 is 9.72 Å². The first-order valence-corrected chi connectivity index (χ1v) is 9.59. The van der Waals surface area contributed by atoms with Crippen LogP contribution in [0.3, 0.4) is 0 Å². The molecule has 1 aliphatic rings. The SMILES string of the molecule is O=C(CN1CCN(c2ccc([N+](=O)[O-])cc2)CC1)Nc1cccc2ccccc12. The van der Waals surface area contributed by atoms with Crippen LogP contribution in [0.4, 0.5) is 17.1 Å². The van der Waals surface area contributed by atoms with E-state index in [-0.39, 0.29) is 11.6 Å². The van der Waals surface area contributed by atoms with Gasteiger partial charge in [0.2, 0.25) is 5.91 Å². The molecule has 1 aliphatic heterocycles. The number of carbonyl (C=O) groups is 1. The van der Waals surface area contributed by atoms with Gasteiger partial charge in [0.25, 0.3) is 5.69 Å². The standard InChI is InChI=1S/C22H22N4O3/c27-22(23-21-7-3-5-17-4-1-2-6-20(17)21)16-24-12-14-25(15-13-24)18-8-10-19(11-9-18)26(28)29/h1-11H,12-16H2,(H,23,27). The number of anilines is 2. The van der Waals surface area contributed by atoms with Crippen molar-refractivity contribution in [2.24, 2.45) is 0 Å². The number of fused-ring (bicyclic) bond motifs is 1. The van der Waals surface area contributed by atoms with Gasteiger partial charge in [0.05, 0.1) is 11.5 Å². The van der Waals surface area contributed by atoms with Crippen LogP contribution in [0.1, 0.15) is 0 Å². The normalized spacial score (nSPS) is 14.7. The molecule has 0 aliphatic carbocycles. The van der Waals surface area contributed by atoms with Crippen LogP contribution in [0.5, 0.6) is 0 Å². The number of benzene rings is 3. The molecule has 1 saturated heterocycles. The van der Waals surface area contributed by atoms with Gasteiger partial charge >= 0.3 is 0 Å². The Morgan fingerprint density at radius 3 is 2.34 bits per heavy atom. The summed E-state index contributed by atoms with van der Waals surface area (Å²) in [6.07, 6.45) is 0. The molecule has 1 amide bonds. The molecule has 0 unspecified atom stereocenters. The van der Waals surface area contributed by atoms with Gasteiger partial charge in [0.15, 0.2) is 0 Å². The van der Waals surface area contributed by atoms with Gasteiger partial charge in [-0.05, 0) is 23.6 Å². The van der Waals surface area contributed by atoms with E-state index in [1.807, 2.05) is 42.5 Å². The maximum atomic E-state index is 12.5. The van der Waals surface area contributed by atoms with Crippen molar-refractivity contribution in [3.05, 3.63) is 76.8 Å². The molecule has 0 atom stereocenters. The minimum Gasteiger partial charge on any atom is -0.369 e. The minimum absolute atomic E-state index is 0.0230. The Kier molecular flexibility index (Phi) is 5.39. The van der Waals surface area contributed by atoms with Crippen molar-refractivity contribution >= 4 is 33.7 Å². The number of hydrogen-bond donors (Lipinski definition) is 1. The maximum Gasteiger partial charge on any atom is 0.269 e. The molecular formula is C22H22N4O3. The van der Waals surface area contributed by atoms with Crippen LogP contribution in [-0.4, -0.2) is 48.5 Å². The van der Waals surface area contributed by atoms with Gasteiger partial charge in [-0.25, -0.2) is 0 Å². The third-order valence-electron chi connectivity index (χ3n) is 5.23. The highest BCUT2D eigenvalue weighted by molar-refractivity contribution is 6.02. The zero-order valence-electron chi connectivity index (χ0n) is 16.0. The molecule has 3 aromatic carbocycles. The molecule has 4 rings (SSSR count). The van der Waals surface area contributed by atoms with E-state index in [0.29, 0.717) is 6.54 Å². The Morgan fingerprint density at radius 2 is 1.62 bits per heavy atom. The summed E-state index contributed by atoms with van der Waals surface area (Å²) in [5.74, 6) is -0.0230. The van der Waals surface area contributed by atoms with Crippen LogP contribution in [0.25, 0.3) is 10.8 Å². The maximum absolute atomic E-state index is 12.5. The average Bonchev–Trinajstić information content (AvgIpc) is 2.74. The number of nitro benzene ring substituents is 1. The van der Waals surface area contributed by atoms with E-state index >= 15 is 0 Å². The first-order chi connectivity index (χ1) is 14.1. The second-order valence-corrected chi connectivity index (χ2v) is 7.11. The van der Waals surface area contributed by atoms with Gasteiger partial charge in [0, 0.05) is 55.1 Å².